The second kappa shape index (κ2) is 2.25. The van der Waals surface area contributed by atoms with Crippen LogP contribution in [0.2, 0.25) is 0 Å². The third kappa shape index (κ3) is 0.694. The Morgan fingerprint density at radius 1 is 1.50 bits per heavy atom. The minimum atomic E-state index is 0.0984. The third-order valence-electron chi connectivity index (χ3n) is 3.92. The molecule has 3 unspecified atom stereocenters. The molecule has 1 saturated carbocycles. The van der Waals surface area contributed by atoms with Crippen LogP contribution in [0.4, 0.5) is 0 Å². The summed E-state index contributed by atoms with van der Waals surface area (Å²) in [6, 6.07) is 0. The molecule has 0 aromatic rings. The maximum atomic E-state index is 5.90. The van der Waals surface area contributed by atoms with Gasteiger partial charge in [0.1, 0.15) is 5.60 Å². The maximum absolute atomic E-state index is 5.90. The van der Waals surface area contributed by atoms with Crippen molar-refractivity contribution in [3.63, 3.8) is 0 Å². The van der Waals surface area contributed by atoms with E-state index in [0.29, 0.717) is 5.41 Å². The van der Waals surface area contributed by atoms with Crippen LogP contribution in [0, 0.1) is 11.3 Å². The highest BCUT2D eigenvalue weighted by Gasteiger charge is 2.72. The van der Waals surface area contributed by atoms with Crippen LogP contribution in [0.5, 0.6) is 0 Å². The van der Waals surface area contributed by atoms with Crippen molar-refractivity contribution in [3.8, 4) is 0 Å². The van der Waals surface area contributed by atoms with E-state index < -0.39 is 0 Å². The van der Waals surface area contributed by atoms with Crippen LogP contribution in [-0.2, 0) is 9.47 Å². The van der Waals surface area contributed by atoms with Crippen LogP contribution in [0.1, 0.15) is 12.8 Å². The molecule has 2 nitrogen and oxygen atoms in total. The van der Waals surface area contributed by atoms with Gasteiger partial charge >= 0.3 is 0 Å². The van der Waals surface area contributed by atoms with Gasteiger partial charge in [-0.25, -0.2) is 0 Å². The zero-order valence-corrected chi connectivity index (χ0v) is 8.60. The molecular weight excluding hydrogens is 220 g/mol. The van der Waals surface area contributed by atoms with Crippen molar-refractivity contribution in [2.24, 2.45) is 11.3 Å². The second-order valence-electron chi connectivity index (χ2n) is 4.30. The molecule has 3 rings (SSSR count). The molecule has 3 heteroatoms. The highest BCUT2D eigenvalue weighted by Crippen LogP contribution is 2.68. The lowest BCUT2D eigenvalue weighted by molar-refractivity contribution is -0.0513. The van der Waals surface area contributed by atoms with E-state index in [9.17, 15) is 0 Å². The van der Waals surface area contributed by atoms with Gasteiger partial charge in [-0.3, -0.25) is 0 Å². The van der Waals surface area contributed by atoms with E-state index in [2.05, 4.69) is 15.9 Å². The molecule has 0 aromatic carbocycles. The number of ether oxygens (including phenoxy) is 2. The number of hydrogen-bond acceptors (Lipinski definition) is 2. The Kier molecular flexibility index (Phi) is 1.46. The molecular formula is C9H13BrO2. The number of alkyl halides is 1. The number of hydrogen-bond donors (Lipinski definition) is 0. The van der Waals surface area contributed by atoms with Crippen LogP contribution in [0.15, 0.2) is 0 Å². The summed E-state index contributed by atoms with van der Waals surface area (Å²) in [6.07, 6.45) is 2.46. The third-order valence-corrected chi connectivity index (χ3v) is 4.92. The predicted octanol–water partition coefficient (Wildman–Crippen LogP) is 1.58. The SMILES string of the molecule is BrCC12CC1COC21CCOC1. The fourth-order valence-electron chi connectivity index (χ4n) is 2.90. The number of fused-ring (bicyclic) bond motifs is 2. The van der Waals surface area contributed by atoms with E-state index >= 15 is 0 Å². The van der Waals surface area contributed by atoms with Gasteiger partial charge in [-0.1, -0.05) is 15.9 Å². The number of halogens is 1. The number of rotatable bonds is 1. The zero-order chi connectivity index (χ0) is 8.23. The van der Waals surface area contributed by atoms with Gasteiger partial charge in [-0.2, -0.15) is 0 Å². The Balaban J connectivity index is 1.94. The molecule has 2 aliphatic heterocycles. The van der Waals surface area contributed by atoms with Gasteiger partial charge in [0.25, 0.3) is 0 Å². The van der Waals surface area contributed by atoms with Gasteiger partial charge in [-0.05, 0) is 12.3 Å². The Labute approximate surface area is 80.7 Å². The minimum Gasteiger partial charge on any atom is -0.378 e. The molecule has 2 saturated heterocycles. The first kappa shape index (κ1) is 7.77. The van der Waals surface area contributed by atoms with Crippen molar-refractivity contribution < 1.29 is 9.47 Å². The van der Waals surface area contributed by atoms with Crippen molar-refractivity contribution in [3.05, 3.63) is 0 Å². The summed E-state index contributed by atoms with van der Waals surface area (Å²) < 4.78 is 11.4. The molecule has 2 heterocycles. The lowest BCUT2D eigenvalue weighted by Gasteiger charge is -2.31. The van der Waals surface area contributed by atoms with E-state index in [1.807, 2.05) is 0 Å². The first-order chi connectivity index (χ1) is 5.83. The summed E-state index contributed by atoms with van der Waals surface area (Å²) >= 11 is 3.62. The molecule has 0 N–H and O–H groups in total. The highest BCUT2D eigenvalue weighted by atomic mass is 79.9. The molecule has 3 atom stereocenters. The van der Waals surface area contributed by atoms with Crippen LogP contribution >= 0.6 is 15.9 Å². The molecule has 0 aromatic heterocycles. The van der Waals surface area contributed by atoms with Gasteiger partial charge in [0.15, 0.2) is 0 Å². The van der Waals surface area contributed by atoms with E-state index in [4.69, 9.17) is 9.47 Å². The standard InChI is InChI=1S/C9H13BrO2/c10-5-8-3-7(8)4-12-9(8)1-2-11-6-9/h7H,1-6H2. The highest BCUT2D eigenvalue weighted by molar-refractivity contribution is 9.09. The fraction of sp³-hybridized carbons (Fsp3) is 1.00. The summed E-state index contributed by atoms with van der Waals surface area (Å²) in [5.41, 5.74) is 0.546. The van der Waals surface area contributed by atoms with Crippen LogP contribution in [-0.4, -0.2) is 30.8 Å². The van der Waals surface area contributed by atoms with E-state index in [0.717, 1.165) is 37.5 Å². The molecule has 0 amide bonds. The molecule has 3 aliphatic rings. The molecule has 1 aliphatic carbocycles. The van der Waals surface area contributed by atoms with Gasteiger partial charge in [-0.15, -0.1) is 0 Å². The zero-order valence-electron chi connectivity index (χ0n) is 7.01. The van der Waals surface area contributed by atoms with Gasteiger partial charge in [0.05, 0.1) is 13.2 Å². The van der Waals surface area contributed by atoms with Gasteiger partial charge in [0.2, 0.25) is 0 Å². The molecule has 0 bridgehead atoms. The lowest BCUT2D eigenvalue weighted by atomic mass is 9.85. The molecule has 12 heavy (non-hydrogen) atoms. The van der Waals surface area contributed by atoms with E-state index in [1.54, 1.807) is 0 Å². The predicted molar refractivity (Wildman–Crippen MR) is 48.5 cm³/mol. The Bertz CT molecular complexity index is 203. The van der Waals surface area contributed by atoms with Crippen LogP contribution in [0.3, 0.4) is 0 Å². The molecule has 0 radical (unpaired) electrons. The molecule has 3 fully saturated rings. The first-order valence-corrected chi connectivity index (χ1v) is 5.73. The summed E-state index contributed by atoms with van der Waals surface area (Å²) in [5, 5.41) is 1.09. The van der Waals surface area contributed by atoms with E-state index in [1.165, 1.54) is 6.42 Å². The van der Waals surface area contributed by atoms with Crippen molar-refractivity contribution in [2.75, 3.05) is 25.2 Å². The minimum absolute atomic E-state index is 0.0984. The van der Waals surface area contributed by atoms with Crippen molar-refractivity contribution in [1.29, 1.82) is 0 Å². The Morgan fingerprint density at radius 2 is 2.42 bits per heavy atom. The average Bonchev–Trinajstić information content (AvgIpc) is 2.51. The van der Waals surface area contributed by atoms with Crippen LogP contribution in [0.25, 0.3) is 0 Å². The van der Waals surface area contributed by atoms with Crippen molar-refractivity contribution in [1.82, 2.24) is 0 Å². The summed E-state index contributed by atoms with van der Waals surface area (Å²) in [4.78, 5) is 0. The smallest absolute Gasteiger partial charge is 0.100 e. The molecule has 1 spiro atoms. The average molecular weight is 233 g/mol. The summed E-state index contributed by atoms with van der Waals surface area (Å²) in [6.45, 7) is 2.69. The normalized spacial score (nSPS) is 56.2. The van der Waals surface area contributed by atoms with Crippen molar-refractivity contribution in [2.45, 2.75) is 18.4 Å². The quantitative estimate of drug-likeness (QED) is 0.640. The van der Waals surface area contributed by atoms with Crippen LogP contribution < -0.4 is 0 Å². The largest absolute Gasteiger partial charge is 0.378 e. The van der Waals surface area contributed by atoms with Crippen molar-refractivity contribution >= 4 is 15.9 Å². The van der Waals surface area contributed by atoms with E-state index in [-0.39, 0.29) is 5.60 Å². The molecule has 68 valence electrons. The monoisotopic (exact) mass is 232 g/mol. The van der Waals surface area contributed by atoms with Gasteiger partial charge in [0, 0.05) is 23.8 Å². The lowest BCUT2D eigenvalue weighted by Crippen LogP contribution is -2.40. The van der Waals surface area contributed by atoms with Gasteiger partial charge < -0.3 is 9.47 Å². The summed E-state index contributed by atoms with van der Waals surface area (Å²) in [7, 11) is 0. The Hall–Kier alpha value is 0.400. The summed E-state index contributed by atoms with van der Waals surface area (Å²) in [5.74, 6) is 0.818. The Morgan fingerprint density at radius 3 is 3.00 bits per heavy atom. The maximum Gasteiger partial charge on any atom is 0.100 e. The second-order valence-corrected chi connectivity index (χ2v) is 4.86. The fourth-order valence-corrected chi connectivity index (χ4v) is 4.10. The topological polar surface area (TPSA) is 18.5 Å². The first-order valence-electron chi connectivity index (χ1n) is 4.61.